The molecule has 3 rings (SSSR count). The molecule has 2 aromatic heterocycles. The van der Waals surface area contributed by atoms with Gasteiger partial charge in [-0.1, -0.05) is 12.1 Å². The third kappa shape index (κ3) is 2.87. The van der Waals surface area contributed by atoms with Crippen LogP contribution in [0.15, 0.2) is 47.4 Å². The molecule has 0 radical (unpaired) electrons. The highest BCUT2D eigenvalue weighted by Gasteiger charge is 2.34. The fraction of sp³-hybridized carbons (Fsp3) is 0.133. The maximum atomic E-state index is 12.8. The average molecular weight is 320 g/mol. The zero-order valence-electron chi connectivity index (χ0n) is 11.7. The lowest BCUT2D eigenvalue weighted by Crippen LogP contribution is -2.28. The average Bonchev–Trinajstić information content (AvgIpc) is 2.48. The Bertz CT molecular complexity index is 934. The summed E-state index contributed by atoms with van der Waals surface area (Å²) < 4.78 is 39.2. The van der Waals surface area contributed by atoms with Crippen molar-refractivity contribution in [2.24, 2.45) is 0 Å². The summed E-state index contributed by atoms with van der Waals surface area (Å²) >= 11 is 0. The van der Waals surface area contributed by atoms with Crippen molar-refractivity contribution in [3.63, 3.8) is 0 Å². The number of para-hydroxylation sites is 1. The van der Waals surface area contributed by atoms with Gasteiger partial charge in [0.25, 0.3) is 5.56 Å². The van der Waals surface area contributed by atoms with Crippen molar-refractivity contribution >= 4 is 16.7 Å². The molecular weight excluding hydrogens is 309 g/mol. The molecule has 0 amide bonds. The van der Waals surface area contributed by atoms with Crippen LogP contribution in [0.5, 0.6) is 0 Å². The van der Waals surface area contributed by atoms with Gasteiger partial charge < -0.3 is 10.3 Å². The van der Waals surface area contributed by atoms with E-state index in [9.17, 15) is 18.0 Å². The van der Waals surface area contributed by atoms with Crippen molar-refractivity contribution in [2.45, 2.75) is 12.7 Å². The third-order valence-corrected chi connectivity index (χ3v) is 3.32. The molecule has 2 heterocycles. The van der Waals surface area contributed by atoms with Gasteiger partial charge in [-0.2, -0.15) is 13.2 Å². The van der Waals surface area contributed by atoms with E-state index in [0.717, 1.165) is 16.7 Å². The third-order valence-electron chi connectivity index (χ3n) is 3.32. The van der Waals surface area contributed by atoms with Crippen LogP contribution < -0.4 is 11.3 Å². The molecule has 1 aromatic carbocycles. The number of hydrogen-bond donors (Lipinski definition) is 1. The second kappa shape index (κ2) is 5.38. The first-order valence-electron chi connectivity index (χ1n) is 6.64. The van der Waals surface area contributed by atoms with E-state index < -0.39 is 17.3 Å². The lowest BCUT2D eigenvalue weighted by Gasteiger charge is -2.10. The number of nitrogens with zero attached hydrogens (tertiary/aromatic N) is 3. The quantitative estimate of drug-likeness (QED) is 0.787. The van der Waals surface area contributed by atoms with Gasteiger partial charge in [-0.15, -0.1) is 0 Å². The number of nitrogens with two attached hydrogens (primary N) is 1. The van der Waals surface area contributed by atoms with Crippen LogP contribution >= 0.6 is 0 Å². The normalized spacial score (nSPS) is 11.8. The number of hydrogen-bond acceptors (Lipinski definition) is 4. The molecule has 0 atom stereocenters. The zero-order chi connectivity index (χ0) is 16.6. The van der Waals surface area contributed by atoms with Gasteiger partial charge in [-0.05, 0) is 24.3 Å². The number of rotatable bonds is 2. The number of pyridine rings is 1. The number of alkyl halides is 3. The van der Waals surface area contributed by atoms with Crippen LogP contribution in [0, 0.1) is 0 Å². The Morgan fingerprint density at radius 2 is 1.83 bits per heavy atom. The van der Waals surface area contributed by atoms with Crippen LogP contribution in [-0.2, 0) is 12.7 Å². The van der Waals surface area contributed by atoms with Crippen molar-refractivity contribution in [1.29, 1.82) is 0 Å². The molecule has 5 nitrogen and oxygen atoms in total. The van der Waals surface area contributed by atoms with Gasteiger partial charge in [0.15, 0.2) is 5.82 Å². The molecule has 118 valence electrons. The number of anilines is 1. The Balaban J connectivity index is 2.05. The van der Waals surface area contributed by atoms with E-state index in [0.29, 0.717) is 10.9 Å². The summed E-state index contributed by atoms with van der Waals surface area (Å²) in [4.78, 5) is 20.2. The SMILES string of the molecule is Nc1nc(Cn2cccc(C(F)(F)F)c2=O)nc2ccccc12. The second-order valence-corrected chi connectivity index (χ2v) is 4.89. The molecular formula is C15H11F3N4O. The Morgan fingerprint density at radius 3 is 2.57 bits per heavy atom. The first kappa shape index (κ1) is 15.0. The van der Waals surface area contributed by atoms with Gasteiger partial charge in [0.1, 0.15) is 11.4 Å². The minimum absolute atomic E-state index is 0.169. The molecule has 0 aliphatic rings. The summed E-state index contributed by atoms with van der Waals surface area (Å²) in [7, 11) is 0. The molecule has 0 aliphatic heterocycles. The summed E-state index contributed by atoms with van der Waals surface area (Å²) in [6, 6.07) is 8.90. The van der Waals surface area contributed by atoms with Gasteiger partial charge >= 0.3 is 6.18 Å². The Morgan fingerprint density at radius 1 is 1.09 bits per heavy atom. The Kier molecular flexibility index (Phi) is 3.51. The maximum Gasteiger partial charge on any atom is 0.421 e. The predicted molar refractivity (Wildman–Crippen MR) is 78.8 cm³/mol. The number of nitrogen functional groups attached to an aromatic ring is 1. The molecule has 0 spiro atoms. The Hall–Kier alpha value is -2.90. The molecule has 0 unspecified atom stereocenters. The van der Waals surface area contributed by atoms with E-state index in [4.69, 9.17) is 5.73 Å². The maximum absolute atomic E-state index is 12.8. The van der Waals surface area contributed by atoms with Gasteiger partial charge in [-0.25, -0.2) is 9.97 Å². The largest absolute Gasteiger partial charge is 0.421 e. The van der Waals surface area contributed by atoms with Gasteiger partial charge in [0.2, 0.25) is 0 Å². The molecule has 0 fully saturated rings. The van der Waals surface area contributed by atoms with Crippen LogP contribution in [0.3, 0.4) is 0 Å². The number of fused-ring (bicyclic) bond motifs is 1. The fourth-order valence-electron chi connectivity index (χ4n) is 2.25. The Labute approximate surface area is 128 Å². The molecule has 8 heteroatoms. The minimum Gasteiger partial charge on any atom is -0.383 e. The van der Waals surface area contributed by atoms with E-state index in [1.165, 1.54) is 6.20 Å². The summed E-state index contributed by atoms with van der Waals surface area (Å²) in [5.74, 6) is 0.383. The molecule has 0 saturated carbocycles. The molecule has 0 saturated heterocycles. The smallest absolute Gasteiger partial charge is 0.383 e. The minimum atomic E-state index is -4.70. The zero-order valence-corrected chi connectivity index (χ0v) is 11.7. The number of halogens is 3. The summed E-state index contributed by atoms with van der Waals surface area (Å²) in [5.41, 5.74) is 4.02. The van der Waals surface area contributed by atoms with E-state index in [1.807, 2.05) is 0 Å². The molecule has 0 aliphatic carbocycles. The molecule has 2 N–H and O–H groups in total. The number of benzene rings is 1. The van der Waals surface area contributed by atoms with Crippen LogP contribution in [0.2, 0.25) is 0 Å². The van der Waals surface area contributed by atoms with Crippen LogP contribution in [0.1, 0.15) is 11.4 Å². The first-order valence-corrected chi connectivity index (χ1v) is 6.64. The second-order valence-electron chi connectivity index (χ2n) is 4.89. The van der Waals surface area contributed by atoms with Gasteiger partial charge in [0, 0.05) is 11.6 Å². The summed E-state index contributed by atoms with van der Waals surface area (Å²) in [5, 5.41) is 0.646. The lowest BCUT2D eigenvalue weighted by atomic mass is 10.2. The van der Waals surface area contributed by atoms with Crippen molar-refractivity contribution < 1.29 is 13.2 Å². The van der Waals surface area contributed by atoms with E-state index >= 15 is 0 Å². The van der Waals surface area contributed by atoms with E-state index in [-0.39, 0.29) is 18.2 Å². The van der Waals surface area contributed by atoms with Crippen molar-refractivity contribution in [1.82, 2.24) is 14.5 Å². The molecule has 3 aromatic rings. The van der Waals surface area contributed by atoms with Crippen LogP contribution in [-0.4, -0.2) is 14.5 Å². The van der Waals surface area contributed by atoms with Crippen LogP contribution in [0.25, 0.3) is 10.9 Å². The fourth-order valence-corrected chi connectivity index (χ4v) is 2.25. The summed E-state index contributed by atoms with van der Waals surface area (Å²) in [6.45, 7) is -0.197. The van der Waals surface area contributed by atoms with Crippen molar-refractivity contribution in [2.75, 3.05) is 5.73 Å². The van der Waals surface area contributed by atoms with E-state index in [1.54, 1.807) is 24.3 Å². The van der Waals surface area contributed by atoms with Gasteiger partial charge in [-0.3, -0.25) is 4.79 Å². The topological polar surface area (TPSA) is 73.8 Å². The number of aromatic nitrogens is 3. The van der Waals surface area contributed by atoms with E-state index in [2.05, 4.69) is 9.97 Å². The predicted octanol–water partition coefficient (Wildman–Crippen LogP) is 2.44. The monoisotopic (exact) mass is 320 g/mol. The highest BCUT2D eigenvalue weighted by atomic mass is 19.4. The molecule has 23 heavy (non-hydrogen) atoms. The van der Waals surface area contributed by atoms with Gasteiger partial charge in [0.05, 0.1) is 12.1 Å². The van der Waals surface area contributed by atoms with Crippen molar-refractivity contribution in [3.05, 3.63) is 64.3 Å². The standard InChI is InChI=1S/C15H11F3N4O/c16-15(17,18)10-5-3-7-22(14(10)23)8-12-20-11-6-2-1-4-9(11)13(19)21-12/h1-7H,8H2,(H2,19,20,21). The molecule has 0 bridgehead atoms. The summed E-state index contributed by atoms with van der Waals surface area (Å²) in [6.07, 6.45) is -3.45. The highest BCUT2D eigenvalue weighted by Crippen LogP contribution is 2.26. The highest BCUT2D eigenvalue weighted by molar-refractivity contribution is 5.87. The van der Waals surface area contributed by atoms with Crippen molar-refractivity contribution in [3.8, 4) is 0 Å². The van der Waals surface area contributed by atoms with Crippen LogP contribution in [0.4, 0.5) is 19.0 Å². The first-order chi connectivity index (χ1) is 10.9. The lowest BCUT2D eigenvalue weighted by molar-refractivity contribution is -0.138.